The molecule has 18 heavy (non-hydrogen) atoms. The van der Waals surface area contributed by atoms with E-state index < -0.39 is 0 Å². The molecular weight excluding hydrogens is 341 g/mol. The summed E-state index contributed by atoms with van der Waals surface area (Å²) in [7, 11) is 0. The molecule has 7 heteroatoms. The molecular formula is C11H8BrCl2N3O. The van der Waals surface area contributed by atoms with E-state index in [0.717, 1.165) is 4.47 Å². The molecule has 0 aliphatic rings. The summed E-state index contributed by atoms with van der Waals surface area (Å²) in [6, 6.07) is 5.03. The van der Waals surface area contributed by atoms with Gasteiger partial charge < -0.3 is 5.32 Å². The van der Waals surface area contributed by atoms with Crippen LogP contribution in [0.25, 0.3) is 0 Å². The molecule has 0 fully saturated rings. The number of halogens is 3. The number of anilines is 1. The summed E-state index contributed by atoms with van der Waals surface area (Å²) >= 11 is 15.2. The molecule has 94 valence electrons. The Hall–Kier alpha value is -1.04. The van der Waals surface area contributed by atoms with Crippen molar-refractivity contribution in [2.45, 2.75) is 6.54 Å². The lowest BCUT2D eigenvalue weighted by atomic mass is 10.3. The standard InChI is InChI=1S/C11H8BrCl2N3O/c12-7-4-15-17(5-7)6-10(18)16-11-8(13)2-1-3-9(11)14/h1-5H,6H2,(H,16,18). The molecule has 2 rings (SSSR count). The number of rotatable bonds is 3. The third-order valence-electron chi connectivity index (χ3n) is 2.13. The van der Waals surface area contributed by atoms with Gasteiger partial charge in [0.25, 0.3) is 0 Å². The van der Waals surface area contributed by atoms with Gasteiger partial charge in [-0.1, -0.05) is 29.3 Å². The fourth-order valence-electron chi connectivity index (χ4n) is 1.37. The number of nitrogens with zero attached hydrogens (tertiary/aromatic N) is 2. The van der Waals surface area contributed by atoms with Gasteiger partial charge in [0.1, 0.15) is 6.54 Å². The first kappa shape index (κ1) is 13.4. The molecule has 0 saturated heterocycles. The number of benzene rings is 1. The quantitative estimate of drug-likeness (QED) is 0.921. The maximum atomic E-state index is 11.8. The Morgan fingerprint density at radius 2 is 2.06 bits per heavy atom. The summed E-state index contributed by atoms with van der Waals surface area (Å²) in [6.45, 7) is 0.0904. The lowest BCUT2D eigenvalue weighted by Crippen LogP contribution is -2.19. The third kappa shape index (κ3) is 3.25. The van der Waals surface area contributed by atoms with Crippen LogP contribution >= 0.6 is 39.1 Å². The third-order valence-corrected chi connectivity index (χ3v) is 3.17. The second-order valence-corrected chi connectivity index (χ2v) is 5.23. The Labute approximate surface area is 122 Å². The Morgan fingerprint density at radius 3 is 2.61 bits per heavy atom. The molecule has 1 aromatic carbocycles. The van der Waals surface area contributed by atoms with Crippen LogP contribution in [0, 0.1) is 0 Å². The van der Waals surface area contributed by atoms with Gasteiger partial charge in [-0.3, -0.25) is 9.48 Å². The highest BCUT2D eigenvalue weighted by molar-refractivity contribution is 9.10. The van der Waals surface area contributed by atoms with Crippen LogP contribution in [0.1, 0.15) is 0 Å². The van der Waals surface area contributed by atoms with Gasteiger partial charge in [-0.25, -0.2) is 0 Å². The molecule has 0 aliphatic heterocycles. The van der Waals surface area contributed by atoms with E-state index in [-0.39, 0.29) is 12.5 Å². The van der Waals surface area contributed by atoms with Gasteiger partial charge in [-0.15, -0.1) is 0 Å². The number of carbonyl (C=O) groups excluding carboxylic acids is 1. The van der Waals surface area contributed by atoms with Crippen LogP contribution in [-0.4, -0.2) is 15.7 Å². The highest BCUT2D eigenvalue weighted by Crippen LogP contribution is 2.29. The largest absolute Gasteiger partial charge is 0.322 e. The predicted molar refractivity (Wildman–Crippen MR) is 75.0 cm³/mol. The highest BCUT2D eigenvalue weighted by atomic mass is 79.9. The van der Waals surface area contributed by atoms with Gasteiger partial charge in [0.2, 0.25) is 5.91 Å². The second kappa shape index (κ2) is 5.73. The van der Waals surface area contributed by atoms with Crippen LogP contribution in [0.3, 0.4) is 0 Å². The average Bonchev–Trinajstić information content (AvgIpc) is 2.69. The van der Waals surface area contributed by atoms with Crippen molar-refractivity contribution in [3.05, 3.63) is 45.1 Å². The molecule has 1 N–H and O–H groups in total. The van der Waals surface area contributed by atoms with E-state index in [1.165, 1.54) is 4.68 Å². The van der Waals surface area contributed by atoms with E-state index in [0.29, 0.717) is 15.7 Å². The molecule has 0 spiro atoms. The van der Waals surface area contributed by atoms with Crippen LogP contribution in [0.4, 0.5) is 5.69 Å². The molecule has 1 heterocycles. The molecule has 0 bridgehead atoms. The molecule has 0 radical (unpaired) electrons. The van der Waals surface area contributed by atoms with E-state index in [9.17, 15) is 4.79 Å². The van der Waals surface area contributed by atoms with Crippen LogP contribution in [0.2, 0.25) is 10.0 Å². The van der Waals surface area contributed by atoms with Crippen LogP contribution < -0.4 is 5.32 Å². The van der Waals surface area contributed by atoms with Gasteiger partial charge in [0.15, 0.2) is 0 Å². The molecule has 0 unspecified atom stereocenters. The van der Waals surface area contributed by atoms with Gasteiger partial charge in [-0.2, -0.15) is 5.10 Å². The zero-order valence-electron chi connectivity index (χ0n) is 9.03. The first-order valence-electron chi connectivity index (χ1n) is 4.98. The monoisotopic (exact) mass is 347 g/mol. The zero-order chi connectivity index (χ0) is 13.1. The van der Waals surface area contributed by atoms with Crippen LogP contribution in [0.5, 0.6) is 0 Å². The lowest BCUT2D eigenvalue weighted by molar-refractivity contribution is -0.116. The van der Waals surface area contributed by atoms with Gasteiger partial charge in [0, 0.05) is 6.20 Å². The number of aromatic nitrogens is 2. The van der Waals surface area contributed by atoms with Gasteiger partial charge >= 0.3 is 0 Å². The summed E-state index contributed by atoms with van der Waals surface area (Å²) in [5.74, 6) is -0.249. The maximum Gasteiger partial charge on any atom is 0.246 e. The lowest BCUT2D eigenvalue weighted by Gasteiger charge is -2.08. The van der Waals surface area contributed by atoms with Crippen molar-refractivity contribution in [1.29, 1.82) is 0 Å². The number of nitrogens with one attached hydrogen (secondary N) is 1. The smallest absolute Gasteiger partial charge is 0.246 e. The first-order valence-corrected chi connectivity index (χ1v) is 6.53. The van der Waals surface area contributed by atoms with Crippen LogP contribution in [0.15, 0.2) is 35.1 Å². The summed E-state index contributed by atoms with van der Waals surface area (Å²) in [5, 5.41) is 7.44. The van der Waals surface area contributed by atoms with E-state index >= 15 is 0 Å². The van der Waals surface area contributed by atoms with Gasteiger partial charge in [0.05, 0.1) is 26.4 Å². The Morgan fingerprint density at radius 1 is 1.39 bits per heavy atom. The molecule has 0 atom stereocenters. The summed E-state index contributed by atoms with van der Waals surface area (Å²) in [5.41, 5.74) is 0.414. The average molecular weight is 349 g/mol. The molecule has 1 amide bonds. The normalized spacial score (nSPS) is 10.4. The minimum atomic E-state index is -0.249. The molecule has 2 aromatic rings. The van der Waals surface area contributed by atoms with Crippen molar-refractivity contribution in [3.8, 4) is 0 Å². The minimum absolute atomic E-state index is 0.0904. The summed E-state index contributed by atoms with van der Waals surface area (Å²) in [6.07, 6.45) is 3.31. The first-order chi connectivity index (χ1) is 8.56. The SMILES string of the molecule is O=C(Cn1cc(Br)cn1)Nc1c(Cl)cccc1Cl. The predicted octanol–water partition coefficient (Wildman–Crippen LogP) is 3.59. The summed E-state index contributed by atoms with van der Waals surface area (Å²) < 4.78 is 2.32. The van der Waals surface area contributed by atoms with Crippen LogP contribution in [-0.2, 0) is 11.3 Å². The topological polar surface area (TPSA) is 46.9 Å². The van der Waals surface area contributed by atoms with Crippen molar-refractivity contribution >= 4 is 50.7 Å². The van der Waals surface area contributed by atoms with E-state index in [1.54, 1.807) is 30.6 Å². The molecule has 4 nitrogen and oxygen atoms in total. The Bertz CT molecular complexity index is 565. The van der Waals surface area contributed by atoms with Crippen molar-refractivity contribution < 1.29 is 4.79 Å². The van der Waals surface area contributed by atoms with Gasteiger partial charge in [-0.05, 0) is 28.1 Å². The van der Waals surface area contributed by atoms with E-state index in [1.807, 2.05) is 0 Å². The fraction of sp³-hybridized carbons (Fsp3) is 0.0909. The van der Waals surface area contributed by atoms with Crippen molar-refractivity contribution in [2.75, 3.05) is 5.32 Å². The fourth-order valence-corrected chi connectivity index (χ4v) is 2.19. The number of hydrogen-bond donors (Lipinski definition) is 1. The number of para-hydroxylation sites is 1. The highest BCUT2D eigenvalue weighted by Gasteiger charge is 2.10. The Kier molecular flexibility index (Phi) is 4.27. The number of amides is 1. The number of hydrogen-bond acceptors (Lipinski definition) is 2. The second-order valence-electron chi connectivity index (χ2n) is 3.50. The maximum absolute atomic E-state index is 11.8. The summed E-state index contributed by atoms with van der Waals surface area (Å²) in [4.78, 5) is 11.8. The van der Waals surface area contributed by atoms with E-state index in [2.05, 4.69) is 26.3 Å². The van der Waals surface area contributed by atoms with Crippen molar-refractivity contribution in [1.82, 2.24) is 9.78 Å². The number of carbonyl (C=O) groups is 1. The Balaban J connectivity index is 2.08. The van der Waals surface area contributed by atoms with E-state index in [4.69, 9.17) is 23.2 Å². The molecule has 0 saturated carbocycles. The van der Waals surface area contributed by atoms with Crippen molar-refractivity contribution in [3.63, 3.8) is 0 Å². The zero-order valence-corrected chi connectivity index (χ0v) is 12.1. The minimum Gasteiger partial charge on any atom is -0.322 e. The molecule has 1 aromatic heterocycles. The molecule has 0 aliphatic carbocycles. The van der Waals surface area contributed by atoms with Crippen molar-refractivity contribution in [2.24, 2.45) is 0 Å².